The van der Waals surface area contributed by atoms with Crippen LogP contribution in [0.4, 0.5) is 22.0 Å². The monoisotopic (exact) mass is 388 g/mol. The zero-order valence-electron chi connectivity index (χ0n) is 13.5. The molecule has 0 heterocycles. The fourth-order valence-corrected chi connectivity index (χ4v) is 1.93. The second kappa shape index (κ2) is 8.07. The average Bonchev–Trinajstić information content (AvgIpc) is 2.59. The molecule has 0 bridgehead atoms. The number of carbonyl (C=O) groups is 1. The Hall–Kier alpha value is -3.10. The van der Waals surface area contributed by atoms with Crippen molar-refractivity contribution in [1.82, 2.24) is 0 Å². The summed E-state index contributed by atoms with van der Waals surface area (Å²) in [6.07, 6.45) is -6.10. The molecule has 0 aliphatic carbocycles. The standard InChI is InChI=1S/C18H13F5O4/c19-17(20,21)11-26-14-6-8-15(9-7-14)27-18(22,23)13-4-1-12(2-5-13)3-10-16(24)25/h1-10H,11H2,(H,24,25). The molecule has 144 valence electrons. The van der Waals surface area contributed by atoms with Crippen LogP contribution in [0.5, 0.6) is 11.5 Å². The maximum atomic E-state index is 14.2. The second-order valence-corrected chi connectivity index (χ2v) is 5.29. The van der Waals surface area contributed by atoms with Crippen molar-refractivity contribution in [3.8, 4) is 11.5 Å². The van der Waals surface area contributed by atoms with Crippen molar-refractivity contribution in [1.29, 1.82) is 0 Å². The molecule has 0 aromatic heterocycles. The lowest BCUT2D eigenvalue weighted by atomic mass is 10.1. The summed E-state index contributed by atoms with van der Waals surface area (Å²) in [5, 5.41) is 8.52. The SMILES string of the molecule is O=C(O)C=Cc1ccc(C(F)(F)Oc2ccc(OCC(F)(F)F)cc2)cc1. The third kappa shape index (κ3) is 6.61. The zero-order valence-corrected chi connectivity index (χ0v) is 13.5. The number of hydrogen-bond donors (Lipinski definition) is 1. The Labute approximate surface area is 150 Å². The molecule has 0 fully saturated rings. The van der Waals surface area contributed by atoms with Crippen LogP contribution >= 0.6 is 0 Å². The third-order valence-corrected chi connectivity index (χ3v) is 3.14. The largest absolute Gasteiger partial charge is 0.484 e. The molecule has 0 spiro atoms. The van der Waals surface area contributed by atoms with Gasteiger partial charge in [-0.2, -0.15) is 22.0 Å². The van der Waals surface area contributed by atoms with Gasteiger partial charge in [-0.1, -0.05) is 12.1 Å². The third-order valence-electron chi connectivity index (χ3n) is 3.14. The lowest BCUT2D eigenvalue weighted by Gasteiger charge is -2.18. The van der Waals surface area contributed by atoms with Gasteiger partial charge in [-0.05, 0) is 48.0 Å². The van der Waals surface area contributed by atoms with E-state index >= 15 is 0 Å². The lowest BCUT2D eigenvalue weighted by Crippen LogP contribution is -2.22. The van der Waals surface area contributed by atoms with Gasteiger partial charge >= 0.3 is 18.3 Å². The van der Waals surface area contributed by atoms with E-state index in [9.17, 15) is 26.7 Å². The summed E-state index contributed by atoms with van der Waals surface area (Å²) in [4.78, 5) is 10.4. The maximum Gasteiger partial charge on any atom is 0.426 e. The summed E-state index contributed by atoms with van der Waals surface area (Å²) in [5.41, 5.74) is -0.0736. The molecule has 9 heteroatoms. The molecule has 0 unspecified atom stereocenters. The number of carboxylic acids is 1. The predicted octanol–water partition coefficient (Wildman–Crippen LogP) is 4.85. The summed E-state index contributed by atoms with van der Waals surface area (Å²) in [6, 6.07) is 9.01. The Morgan fingerprint density at radius 1 is 0.926 bits per heavy atom. The highest BCUT2D eigenvalue weighted by molar-refractivity contribution is 5.85. The number of halogens is 5. The minimum absolute atomic E-state index is 0.141. The van der Waals surface area contributed by atoms with Crippen molar-refractivity contribution in [3.63, 3.8) is 0 Å². The van der Waals surface area contributed by atoms with Crippen LogP contribution in [-0.2, 0) is 10.9 Å². The Bertz CT molecular complexity index is 796. The van der Waals surface area contributed by atoms with E-state index < -0.39 is 30.4 Å². The first kappa shape index (κ1) is 20.2. The first-order chi connectivity index (χ1) is 12.5. The molecule has 0 aliphatic rings. The van der Waals surface area contributed by atoms with Crippen LogP contribution in [-0.4, -0.2) is 23.9 Å². The van der Waals surface area contributed by atoms with E-state index in [4.69, 9.17) is 5.11 Å². The molecule has 0 saturated heterocycles. The number of ether oxygens (including phenoxy) is 2. The van der Waals surface area contributed by atoms with Crippen LogP contribution in [0.1, 0.15) is 11.1 Å². The number of rotatable bonds is 7. The van der Waals surface area contributed by atoms with Gasteiger partial charge in [0, 0.05) is 6.08 Å². The Balaban J connectivity index is 2.03. The molecule has 2 aromatic carbocycles. The molecule has 0 atom stereocenters. The maximum absolute atomic E-state index is 14.2. The minimum Gasteiger partial charge on any atom is -0.484 e. The zero-order chi connectivity index (χ0) is 20.1. The van der Waals surface area contributed by atoms with Gasteiger partial charge in [0.25, 0.3) is 0 Å². The van der Waals surface area contributed by atoms with E-state index in [0.29, 0.717) is 5.56 Å². The smallest absolute Gasteiger partial charge is 0.426 e. The van der Waals surface area contributed by atoms with Crippen LogP contribution in [0.2, 0.25) is 0 Å². The van der Waals surface area contributed by atoms with Gasteiger partial charge in [-0.25, -0.2) is 4.79 Å². The highest BCUT2D eigenvalue weighted by atomic mass is 19.4. The Kier molecular flexibility index (Phi) is 6.04. The van der Waals surface area contributed by atoms with E-state index in [0.717, 1.165) is 42.5 Å². The van der Waals surface area contributed by atoms with E-state index in [1.807, 2.05) is 0 Å². The van der Waals surface area contributed by atoms with Crippen LogP contribution in [0.15, 0.2) is 54.6 Å². The highest BCUT2D eigenvalue weighted by Crippen LogP contribution is 2.32. The van der Waals surface area contributed by atoms with Crippen LogP contribution in [0, 0.1) is 0 Å². The molecule has 0 radical (unpaired) electrons. The summed E-state index contributed by atoms with van der Waals surface area (Å²) in [7, 11) is 0. The fraction of sp³-hybridized carbons (Fsp3) is 0.167. The van der Waals surface area contributed by atoms with E-state index in [1.165, 1.54) is 18.2 Å². The van der Waals surface area contributed by atoms with E-state index in [-0.39, 0.29) is 11.5 Å². The van der Waals surface area contributed by atoms with Gasteiger partial charge in [-0.3, -0.25) is 0 Å². The minimum atomic E-state index is -4.51. The van der Waals surface area contributed by atoms with Crippen LogP contribution in [0.25, 0.3) is 6.08 Å². The molecule has 0 aliphatic heterocycles. The van der Waals surface area contributed by atoms with Crippen molar-refractivity contribution in [3.05, 3.63) is 65.7 Å². The highest BCUT2D eigenvalue weighted by Gasteiger charge is 2.34. The normalized spacial score (nSPS) is 12.2. The predicted molar refractivity (Wildman–Crippen MR) is 85.6 cm³/mol. The van der Waals surface area contributed by atoms with E-state index in [2.05, 4.69) is 9.47 Å². The first-order valence-electron chi connectivity index (χ1n) is 7.43. The number of hydrogen-bond acceptors (Lipinski definition) is 3. The lowest BCUT2D eigenvalue weighted by molar-refractivity contribution is -0.185. The molecule has 2 rings (SSSR count). The van der Waals surface area contributed by atoms with Crippen molar-refractivity contribution >= 4 is 12.0 Å². The summed E-state index contributed by atoms with van der Waals surface area (Å²) < 4.78 is 73.6. The molecular formula is C18H13F5O4. The molecule has 27 heavy (non-hydrogen) atoms. The van der Waals surface area contributed by atoms with Gasteiger partial charge in [-0.15, -0.1) is 0 Å². The quantitative estimate of drug-likeness (QED) is 0.544. The molecule has 4 nitrogen and oxygen atoms in total. The van der Waals surface area contributed by atoms with Gasteiger partial charge in [0.1, 0.15) is 11.5 Å². The number of alkyl halides is 5. The average molecular weight is 388 g/mol. The summed E-state index contributed by atoms with van der Waals surface area (Å²) in [6.45, 7) is -1.49. The molecule has 2 aromatic rings. The van der Waals surface area contributed by atoms with E-state index in [1.54, 1.807) is 0 Å². The number of carboxylic acid groups (broad SMARTS) is 1. The molecule has 0 amide bonds. The Morgan fingerprint density at radius 2 is 1.48 bits per heavy atom. The molecule has 0 saturated carbocycles. The van der Waals surface area contributed by atoms with Gasteiger partial charge in [0.15, 0.2) is 6.61 Å². The summed E-state index contributed by atoms with van der Waals surface area (Å²) in [5.74, 6) is -1.58. The first-order valence-corrected chi connectivity index (χ1v) is 7.43. The number of benzene rings is 2. The van der Waals surface area contributed by atoms with Crippen molar-refractivity contribution in [2.24, 2.45) is 0 Å². The topological polar surface area (TPSA) is 55.8 Å². The summed E-state index contributed by atoms with van der Waals surface area (Å²) >= 11 is 0. The van der Waals surface area contributed by atoms with Gasteiger partial charge in [0.05, 0.1) is 5.56 Å². The number of aliphatic carboxylic acids is 1. The van der Waals surface area contributed by atoms with Gasteiger partial charge in [0.2, 0.25) is 0 Å². The van der Waals surface area contributed by atoms with Crippen molar-refractivity contribution < 1.29 is 41.3 Å². The van der Waals surface area contributed by atoms with Crippen LogP contribution < -0.4 is 9.47 Å². The Morgan fingerprint density at radius 3 is 2.00 bits per heavy atom. The fourth-order valence-electron chi connectivity index (χ4n) is 1.93. The van der Waals surface area contributed by atoms with Crippen molar-refractivity contribution in [2.45, 2.75) is 12.3 Å². The molecular weight excluding hydrogens is 375 g/mol. The van der Waals surface area contributed by atoms with Gasteiger partial charge < -0.3 is 14.6 Å². The van der Waals surface area contributed by atoms with Crippen molar-refractivity contribution in [2.75, 3.05) is 6.61 Å². The van der Waals surface area contributed by atoms with Crippen LogP contribution in [0.3, 0.4) is 0 Å². The molecule has 1 N–H and O–H groups in total. The second-order valence-electron chi connectivity index (χ2n) is 5.29.